The molecule has 0 aromatic heterocycles. The van der Waals surface area contributed by atoms with Crippen molar-refractivity contribution in [2.24, 2.45) is 0 Å². The molecule has 0 amide bonds. The molecule has 19 heavy (non-hydrogen) atoms. The molecule has 4 nitrogen and oxygen atoms in total. The van der Waals surface area contributed by atoms with Crippen molar-refractivity contribution in [1.82, 2.24) is 10.2 Å². The molecule has 3 rings (SSSR count). The number of hydrogen-bond acceptors (Lipinski definition) is 3. The summed E-state index contributed by atoms with van der Waals surface area (Å²) in [4.78, 5) is 13.6. The second-order valence-electron chi connectivity index (χ2n) is 5.41. The van der Waals surface area contributed by atoms with Crippen molar-refractivity contribution in [3.8, 4) is 0 Å². The van der Waals surface area contributed by atoms with E-state index in [2.05, 4.69) is 10.2 Å². The van der Waals surface area contributed by atoms with E-state index in [0.717, 1.165) is 39.0 Å². The van der Waals surface area contributed by atoms with E-state index in [1.54, 1.807) is 6.07 Å². The predicted octanol–water partition coefficient (Wildman–Crippen LogP) is 1.67. The van der Waals surface area contributed by atoms with E-state index in [4.69, 9.17) is 5.11 Å². The molecule has 1 aromatic rings. The first-order valence-electron chi connectivity index (χ1n) is 7.06. The molecule has 1 heterocycles. The van der Waals surface area contributed by atoms with E-state index in [-0.39, 0.29) is 0 Å². The fraction of sp³-hybridized carbons (Fsp3) is 0.533. The number of rotatable bonds is 2. The predicted molar refractivity (Wildman–Crippen MR) is 73.5 cm³/mol. The number of carboxylic acid groups (broad SMARTS) is 1. The number of fused-ring (bicyclic) bond motifs is 1. The Hall–Kier alpha value is -1.39. The molecule has 1 unspecified atom stereocenters. The maximum atomic E-state index is 11.1. The standard InChI is InChI=1S/C15H20N2O2/c18-15(19)12-5-4-11-2-1-3-14(13(11)10-12)17-8-6-16-7-9-17/h4-5,10,14,16H,1-3,6-9H2,(H,18,19). The van der Waals surface area contributed by atoms with Gasteiger partial charge in [0.05, 0.1) is 5.56 Å². The van der Waals surface area contributed by atoms with Crippen LogP contribution < -0.4 is 5.32 Å². The summed E-state index contributed by atoms with van der Waals surface area (Å²) in [7, 11) is 0. The molecule has 1 aromatic carbocycles. The Kier molecular flexibility index (Phi) is 3.53. The molecule has 0 radical (unpaired) electrons. The minimum absolute atomic E-state index is 0.408. The highest BCUT2D eigenvalue weighted by molar-refractivity contribution is 5.88. The van der Waals surface area contributed by atoms with E-state index in [1.807, 2.05) is 12.1 Å². The minimum Gasteiger partial charge on any atom is -0.478 e. The van der Waals surface area contributed by atoms with Gasteiger partial charge in [-0.05, 0) is 42.5 Å². The maximum Gasteiger partial charge on any atom is 0.335 e. The van der Waals surface area contributed by atoms with Gasteiger partial charge in [-0.1, -0.05) is 6.07 Å². The van der Waals surface area contributed by atoms with Gasteiger partial charge in [0.1, 0.15) is 0 Å². The van der Waals surface area contributed by atoms with Gasteiger partial charge >= 0.3 is 5.97 Å². The molecule has 0 bridgehead atoms. The smallest absolute Gasteiger partial charge is 0.335 e. The third-order valence-corrected chi connectivity index (χ3v) is 4.27. The molecule has 102 valence electrons. The van der Waals surface area contributed by atoms with Gasteiger partial charge in [0, 0.05) is 32.2 Å². The van der Waals surface area contributed by atoms with Crippen molar-refractivity contribution in [2.45, 2.75) is 25.3 Å². The van der Waals surface area contributed by atoms with Gasteiger partial charge in [-0.15, -0.1) is 0 Å². The lowest BCUT2D eigenvalue weighted by atomic mass is 9.85. The number of aromatic carboxylic acids is 1. The second kappa shape index (κ2) is 5.31. The Morgan fingerprint density at radius 3 is 2.84 bits per heavy atom. The highest BCUT2D eigenvalue weighted by atomic mass is 16.4. The molecular weight excluding hydrogens is 240 g/mol. The summed E-state index contributed by atoms with van der Waals surface area (Å²) in [5.74, 6) is -0.826. The SMILES string of the molecule is O=C(O)c1ccc2c(c1)C(N1CCNCC1)CCC2. The van der Waals surface area contributed by atoms with Crippen LogP contribution in [0.4, 0.5) is 0 Å². The lowest BCUT2D eigenvalue weighted by Gasteiger charge is -2.38. The molecule has 1 atom stereocenters. The van der Waals surface area contributed by atoms with Gasteiger partial charge in [-0.25, -0.2) is 4.79 Å². The Bertz CT molecular complexity index is 481. The van der Waals surface area contributed by atoms with E-state index in [1.165, 1.54) is 17.5 Å². The number of nitrogens with one attached hydrogen (secondary N) is 1. The van der Waals surface area contributed by atoms with Gasteiger partial charge in [-0.2, -0.15) is 0 Å². The summed E-state index contributed by atoms with van der Waals surface area (Å²) < 4.78 is 0. The fourth-order valence-electron chi connectivity index (χ4n) is 3.28. The average molecular weight is 260 g/mol. The zero-order chi connectivity index (χ0) is 13.2. The largest absolute Gasteiger partial charge is 0.478 e. The van der Waals surface area contributed by atoms with Crippen LogP contribution in [-0.2, 0) is 6.42 Å². The average Bonchev–Trinajstić information content (AvgIpc) is 2.47. The number of hydrogen-bond donors (Lipinski definition) is 2. The molecule has 2 N–H and O–H groups in total. The van der Waals surface area contributed by atoms with Gasteiger partial charge in [0.15, 0.2) is 0 Å². The first-order chi connectivity index (χ1) is 9.25. The van der Waals surface area contributed by atoms with Gasteiger partial charge < -0.3 is 10.4 Å². The van der Waals surface area contributed by atoms with Gasteiger partial charge in [0.25, 0.3) is 0 Å². The normalized spacial score (nSPS) is 23.9. The molecule has 1 aliphatic heterocycles. The number of carboxylic acids is 1. The van der Waals surface area contributed by atoms with E-state index in [0.29, 0.717) is 11.6 Å². The summed E-state index contributed by atoms with van der Waals surface area (Å²) in [5, 5.41) is 12.5. The monoisotopic (exact) mass is 260 g/mol. The molecule has 0 spiro atoms. The molecule has 4 heteroatoms. The Labute approximate surface area is 113 Å². The van der Waals surface area contributed by atoms with Crippen LogP contribution in [0.15, 0.2) is 18.2 Å². The lowest BCUT2D eigenvalue weighted by molar-refractivity contribution is 0.0696. The number of carbonyl (C=O) groups is 1. The molecule has 2 aliphatic rings. The quantitative estimate of drug-likeness (QED) is 0.849. The van der Waals surface area contributed by atoms with Crippen LogP contribution in [0.25, 0.3) is 0 Å². The first kappa shape index (κ1) is 12.6. The summed E-state index contributed by atoms with van der Waals surface area (Å²) in [5.41, 5.74) is 2.99. The minimum atomic E-state index is -0.826. The van der Waals surface area contributed by atoms with E-state index < -0.39 is 5.97 Å². The van der Waals surface area contributed by atoms with Crippen LogP contribution in [0.5, 0.6) is 0 Å². The molecule has 1 saturated heterocycles. The molecule has 1 fully saturated rings. The van der Waals surface area contributed by atoms with Crippen molar-refractivity contribution in [3.63, 3.8) is 0 Å². The summed E-state index contributed by atoms with van der Waals surface area (Å²) in [6.07, 6.45) is 3.43. The van der Waals surface area contributed by atoms with Gasteiger partial charge in [0.2, 0.25) is 0 Å². The molecule has 1 aliphatic carbocycles. The molecule has 0 saturated carbocycles. The van der Waals surface area contributed by atoms with Crippen LogP contribution in [-0.4, -0.2) is 42.2 Å². The molecular formula is C15H20N2O2. The Morgan fingerprint density at radius 1 is 1.32 bits per heavy atom. The number of benzene rings is 1. The van der Waals surface area contributed by atoms with E-state index in [9.17, 15) is 4.79 Å². The van der Waals surface area contributed by atoms with Crippen molar-refractivity contribution >= 4 is 5.97 Å². The Balaban J connectivity index is 1.92. The second-order valence-corrected chi connectivity index (χ2v) is 5.41. The summed E-state index contributed by atoms with van der Waals surface area (Å²) in [6.45, 7) is 4.18. The van der Waals surface area contributed by atoms with Crippen molar-refractivity contribution in [1.29, 1.82) is 0 Å². The van der Waals surface area contributed by atoms with Crippen LogP contribution in [0.2, 0.25) is 0 Å². The van der Waals surface area contributed by atoms with Crippen molar-refractivity contribution < 1.29 is 9.90 Å². The summed E-state index contributed by atoms with van der Waals surface area (Å²) in [6, 6.07) is 6.04. The fourth-order valence-corrected chi connectivity index (χ4v) is 3.28. The van der Waals surface area contributed by atoms with Crippen LogP contribution in [0, 0.1) is 0 Å². The Morgan fingerprint density at radius 2 is 2.11 bits per heavy atom. The maximum absolute atomic E-state index is 11.1. The number of nitrogens with zero attached hydrogens (tertiary/aromatic N) is 1. The van der Waals surface area contributed by atoms with Crippen molar-refractivity contribution in [2.75, 3.05) is 26.2 Å². The van der Waals surface area contributed by atoms with Gasteiger partial charge in [-0.3, -0.25) is 4.90 Å². The first-order valence-corrected chi connectivity index (χ1v) is 7.06. The third kappa shape index (κ3) is 2.51. The van der Waals surface area contributed by atoms with Crippen LogP contribution in [0.1, 0.15) is 40.4 Å². The zero-order valence-corrected chi connectivity index (χ0v) is 11.1. The number of piperazine rings is 1. The highest BCUT2D eigenvalue weighted by Crippen LogP contribution is 2.35. The topological polar surface area (TPSA) is 52.6 Å². The zero-order valence-electron chi connectivity index (χ0n) is 11.1. The van der Waals surface area contributed by atoms with E-state index >= 15 is 0 Å². The lowest BCUT2D eigenvalue weighted by Crippen LogP contribution is -2.45. The van der Waals surface area contributed by atoms with Crippen LogP contribution >= 0.6 is 0 Å². The highest BCUT2D eigenvalue weighted by Gasteiger charge is 2.27. The summed E-state index contributed by atoms with van der Waals surface area (Å²) >= 11 is 0. The van der Waals surface area contributed by atoms with Crippen LogP contribution in [0.3, 0.4) is 0 Å². The number of aryl methyl sites for hydroxylation is 1. The third-order valence-electron chi connectivity index (χ3n) is 4.27. The van der Waals surface area contributed by atoms with Crippen molar-refractivity contribution in [3.05, 3.63) is 34.9 Å².